The fourth-order valence-corrected chi connectivity index (χ4v) is 6.95. The van der Waals surface area contributed by atoms with Crippen molar-refractivity contribution in [2.75, 3.05) is 31.9 Å². The zero-order chi connectivity index (χ0) is 22.7. The Labute approximate surface area is 191 Å². The Balaban J connectivity index is 1.43. The first-order valence-corrected chi connectivity index (χ1v) is 13.3. The summed E-state index contributed by atoms with van der Waals surface area (Å²) in [5.74, 6) is -0.492. The van der Waals surface area contributed by atoms with Crippen LogP contribution in [0.15, 0.2) is 47.4 Å². The Kier molecular flexibility index (Phi) is 7.17. The molecule has 2 heterocycles. The van der Waals surface area contributed by atoms with E-state index in [1.54, 1.807) is 17.0 Å². The first-order valence-electron chi connectivity index (χ1n) is 10.8. The van der Waals surface area contributed by atoms with Gasteiger partial charge in [0.05, 0.1) is 4.90 Å². The molecule has 0 bridgehead atoms. The highest BCUT2D eigenvalue weighted by Gasteiger charge is 2.27. The van der Waals surface area contributed by atoms with E-state index < -0.39 is 21.7 Å². The Bertz CT molecular complexity index is 1070. The topological polar surface area (TPSA) is 57.7 Å². The van der Waals surface area contributed by atoms with E-state index in [0.29, 0.717) is 49.5 Å². The van der Waals surface area contributed by atoms with Crippen LogP contribution in [0.3, 0.4) is 0 Å². The lowest BCUT2D eigenvalue weighted by Crippen LogP contribution is -2.35. The minimum absolute atomic E-state index is 0.187. The van der Waals surface area contributed by atoms with Gasteiger partial charge in [-0.15, -0.1) is 0 Å². The minimum atomic E-state index is -3.54. The van der Waals surface area contributed by atoms with Crippen LogP contribution in [0.4, 0.5) is 8.78 Å². The van der Waals surface area contributed by atoms with Gasteiger partial charge in [-0.2, -0.15) is 16.1 Å². The number of halogens is 2. The third-order valence-electron chi connectivity index (χ3n) is 5.99. The number of nitrogens with zero attached hydrogens (tertiary/aromatic N) is 2. The number of piperidine rings is 1. The van der Waals surface area contributed by atoms with Crippen LogP contribution < -0.4 is 0 Å². The smallest absolute Gasteiger partial charge is 0.253 e. The van der Waals surface area contributed by atoms with Gasteiger partial charge < -0.3 is 4.90 Å². The van der Waals surface area contributed by atoms with E-state index in [2.05, 4.69) is 0 Å². The average Bonchev–Trinajstić information content (AvgIpc) is 3.07. The van der Waals surface area contributed by atoms with Crippen LogP contribution in [0.5, 0.6) is 0 Å². The second kappa shape index (κ2) is 9.89. The molecule has 9 heteroatoms. The van der Waals surface area contributed by atoms with Crippen LogP contribution in [0.2, 0.25) is 0 Å². The van der Waals surface area contributed by atoms with Crippen molar-refractivity contribution in [1.29, 1.82) is 0 Å². The quantitative estimate of drug-likeness (QED) is 0.648. The monoisotopic (exact) mass is 480 g/mol. The zero-order valence-electron chi connectivity index (χ0n) is 17.7. The van der Waals surface area contributed by atoms with E-state index in [1.807, 2.05) is 0 Å². The van der Waals surface area contributed by atoms with E-state index in [-0.39, 0.29) is 16.1 Å². The van der Waals surface area contributed by atoms with Crippen LogP contribution in [0, 0.1) is 11.6 Å². The molecule has 2 saturated heterocycles. The van der Waals surface area contributed by atoms with Crippen LogP contribution in [0.1, 0.15) is 46.9 Å². The number of carbonyl (C=O) groups is 1. The van der Waals surface area contributed by atoms with Crippen molar-refractivity contribution in [2.45, 2.75) is 35.8 Å². The Hall–Kier alpha value is -1.97. The molecule has 1 atom stereocenters. The van der Waals surface area contributed by atoms with Crippen molar-refractivity contribution in [3.8, 4) is 0 Å². The van der Waals surface area contributed by atoms with Gasteiger partial charge in [0.15, 0.2) is 0 Å². The van der Waals surface area contributed by atoms with Crippen LogP contribution in [0.25, 0.3) is 0 Å². The molecule has 0 saturated carbocycles. The molecule has 2 aromatic carbocycles. The molecule has 0 N–H and O–H groups in total. The van der Waals surface area contributed by atoms with E-state index >= 15 is 0 Å². The predicted molar refractivity (Wildman–Crippen MR) is 121 cm³/mol. The Morgan fingerprint density at radius 1 is 0.938 bits per heavy atom. The van der Waals surface area contributed by atoms with Crippen molar-refractivity contribution in [2.24, 2.45) is 0 Å². The third kappa shape index (κ3) is 5.00. The summed E-state index contributed by atoms with van der Waals surface area (Å²) in [6, 6.07) is 9.57. The van der Waals surface area contributed by atoms with Gasteiger partial charge in [0.1, 0.15) is 11.6 Å². The minimum Gasteiger partial charge on any atom is -0.338 e. The highest BCUT2D eigenvalue weighted by atomic mass is 32.2. The number of hydrogen-bond donors (Lipinski definition) is 0. The second-order valence-corrected chi connectivity index (χ2v) is 11.3. The number of amides is 1. The summed E-state index contributed by atoms with van der Waals surface area (Å²) < 4.78 is 54.9. The number of carbonyl (C=O) groups excluding carboxylic acids is 1. The molecule has 2 aromatic rings. The molecule has 4 rings (SSSR count). The summed E-state index contributed by atoms with van der Waals surface area (Å²) in [6.45, 7) is 1.97. The van der Waals surface area contributed by atoms with Crippen molar-refractivity contribution >= 4 is 27.7 Å². The fraction of sp³-hybridized carbons (Fsp3) is 0.435. The van der Waals surface area contributed by atoms with Crippen LogP contribution >= 0.6 is 11.8 Å². The van der Waals surface area contributed by atoms with Crippen molar-refractivity contribution < 1.29 is 22.0 Å². The van der Waals surface area contributed by atoms with E-state index in [4.69, 9.17) is 0 Å². The molecule has 0 spiro atoms. The second-order valence-electron chi connectivity index (χ2n) is 8.10. The molecule has 1 unspecified atom stereocenters. The largest absolute Gasteiger partial charge is 0.338 e. The molecule has 2 aliphatic heterocycles. The van der Waals surface area contributed by atoms with Crippen molar-refractivity contribution in [3.63, 3.8) is 0 Å². The molecule has 172 valence electrons. The predicted octanol–water partition coefficient (Wildman–Crippen LogP) is 4.46. The summed E-state index contributed by atoms with van der Waals surface area (Å²) in [6.07, 6.45) is 3.28. The van der Waals surface area contributed by atoms with E-state index in [0.717, 1.165) is 31.4 Å². The summed E-state index contributed by atoms with van der Waals surface area (Å²) in [7, 11) is -3.54. The van der Waals surface area contributed by atoms with Gasteiger partial charge in [0.25, 0.3) is 5.91 Å². The van der Waals surface area contributed by atoms with Crippen molar-refractivity contribution in [3.05, 3.63) is 65.2 Å². The molecule has 0 radical (unpaired) electrons. The van der Waals surface area contributed by atoms with Crippen LogP contribution in [-0.2, 0) is 10.0 Å². The first-order chi connectivity index (χ1) is 15.4. The highest BCUT2D eigenvalue weighted by molar-refractivity contribution is 7.99. The van der Waals surface area contributed by atoms with Gasteiger partial charge in [-0.3, -0.25) is 4.79 Å². The Morgan fingerprint density at radius 3 is 2.38 bits per heavy atom. The summed E-state index contributed by atoms with van der Waals surface area (Å²) in [5, 5.41) is -0.222. The Morgan fingerprint density at radius 2 is 1.66 bits per heavy atom. The maximum Gasteiger partial charge on any atom is 0.253 e. The van der Waals surface area contributed by atoms with Gasteiger partial charge in [-0.05, 0) is 61.7 Å². The molecule has 1 amide bonds. The third-order valence-corrected chi connectivity index (χ3v) is 9.21. The number of hydrogen-bond acceptors (Lipinski definition) is 4. The molecular weight excluding hydrogens is 454 g/mol. The standard InChI is InChI=1S/C23H26F2N2O3S2/c24-18-6-9-21(25)20(16-18)22-10-13-26(14-15-31-22)23(28)17-4-7-19(8-5-17)32(29,30)27-11-2-1-3-12-27/h4-9,16,22H,1-3,10-15H2. The van der Waals surface area contributed by atoms with E-state index in [1.165, 1.54) is 34.3 Å². The van der Waals surface area contributed by atoms with Gasteiger partial charge >= 0.3 is 0 Å². The fourth-order valence-electron chi connectivity index (χ4n) is 4.19. The molecule has 2 fully saturated rings. The molecule has 32 heavy (non-hydrogen) atoms. The highest BCUT2D eigenvalue weighted by Crippen LogP contribution is 2.36. The lowest BCUT2D eigenvalue weighted by molar-refractivity contribution is 0.0766. The normalized spacial score (nSPS) is 20.7. The SMILES string of the molecule is O=C(c1ccc(S(=O)(=O)N2CCCCC2)cc1)N1CCSC(c2cc(F)ccc2F)CC1. The van der Waals surface area contributed by atoms with Crippen molar-refractivity contribution in [1.82, 2.24) is 9.21 Å². The lowest BCUT2D eigenvalue weighted by Gasteiger charge is -2.26. The summed E-state index contributed by atoms with van der Waals surface area (Å²) in [5.41, 5.74) is 0.750. The molecule has 0 aliphatic carbocycles. The number of rotatable bonds is 4. The van der Waals surface area contributed by atoms with Gasteiger partial charge in [0.2, 0.25) is 10.0 Å². The van der Waals surface area contributed by atoms with Gasteiger partial charge in [0, 0.05) is 48.3 Å². The molecular formula is C23H26F2N2O3S2. The zero-order valence-corrected chi connectivity index (χ0v) is 19.3. The summed E-state index contributed by atoms with van der Waals surface area (Å²) >= 11 is 1.51. The number of benzene rings is 2. The molecule has 2 aliphatic rings. The first kappa shape index (κ1) is 23.2. The maximum absolute atomic E-state index is 14.2. The molecule has 5 nitrogen and oxygen atoms in total. The average molecular weight is 481 g/mol. The number of thioether (sulfide) groups is 1. The maximum atomic E-state index is 14.2. The number of sulfonamides is 1. The van der Waals surface area contributed by atoms with Gasteiger partial charge in [-0.1, -0.05) is 6.42 Å². The summed E-state index contributed by atoms with van der Waals surface area (Å²) in [4.78, 5) is 14.9. The van der Waals surface area contributed by atoms with Gasteiger partial charge in [-0.25, -0.2) is 17.2 Å². The molecule has 0 aromatic heterocycles. The lowest BCUT2D eigenvalue weighted by atomic mass is 10.1. The van der Waals surface area contributed by atoms with Crippen LogP contribution in [-0.4, -0.2) is 55.5 Å². The van der Waals surface area contributed by atoms with E-state index in [9.17, 15) is 22.0 Å².